The predicted octanol–water partition coefficient (Wildman–Crippen LogP) is 3.77. The van der Waals surface area contributed by atoms with Gasteiger partial charge in [0.25, 0.3) is 5.91 Å². The van der Waals surface area contributed by atoms with E-state index < -0.39 is 0 Å². The molecule has 1 aromatic heterocycles. The number of anilines is 1. The Kier molecular flexibility index (Phi) is 5.09. The van der Waals surface area contributed by atoms with Crippen LogP contribution in [0.5, 0.6) is 5.75 Å². The van der Waals surface area contributed by atoms with Crippen molar-refractivity contribution in [3.63, 3.8) is 0 Å². The number of carbonyl (C=O) groups excluding carboxylic acids is 1. The van der Waals surface area contributed by atoms with Gasteiger partial charge in [0, 0.05) is 18.2 Å². The van der Waals surface area contributed by atoms with E-state index in [-0.39, 0.29) is 12.5 Å². The number of hydrogen-bond acceptors (Lipinski definition) is 5. The molecule has 0 atom stereocenters. The first-order valence-corrected chi connectivity index (χ1v) is 8.06. The molecule has 2 aromatic carbocycles. The molecule has 0 fully saturated rings. The van der Waals surface area contributed by atoms with E-state index in [1.807, 2.05) is 24.3 Å². The van der Waals surface area contributed by atoms with Gasteiger partial charge < -0.3 is 14.6 Å². The summed E-state index contributed by atoms with van der Waals surface area (Å²) < 4.78 is 10.5. The van der Waals surface area contributed by atoms with Crippen LogP contribution in [0.2, 0.25) is 0 Å². The fourth-order valence-corrected chi connectivity index (χ4v) is 2.32. The molecule has 0 aliphatic carbocycles. The molecule has 0 aliphatic heterocycles. The van der Waals surface area contributed by atoms with Crippen molar-refractivity contribution in [3.05, 3.63) is 71.4 Å². The minimum atomic E-state index is -0.159. The number of aromatic nitrogens is 2. The van der Waals surface area contributed by atoms with E-state index in [9.17, 15) is 4.79 Å². The first-order chi connectivity index (χ1) is 12.1. The molecule has 1 heterocycles. The number of carbonyl (C=O) groups is 1. The van der Waals surface area contributed by atoms with Gasteiger partial charge in [0.15, 0.2) is 6.61 Å². The average Bonchev–Trinajstić information content (AvgIpc) is 3.06. The molecule has 25 heavy (non-hydrogen) atoms. The van der Waals surface area contributed by atoms with Crippen LogP contribution in [-0.4, -0.2) is 16.0 Å². The number of amides is 1. The van der Waals surface area contributed by atoms with E-state index >= 15 is 0 Å². The number of benzene rings is 2. The van der Waals surface area contributed by atoms with Gasteiger partial charge in [0.2, 0.25) is 11.7 Å². The molecule has 1 N–H and O–H groups in total. The zero-order valence-electron chi connectivity index (χ0n) is 14.2. The lowest BCUT2D eigenvalue weighted by Crippen LogP contribution is -2.11. The number of aryl methyl sites for hydroxylation is 2. The Bertz CT molecular complexity index is 856. The fraction of sp³-hybridized carbons (Fsp3) is 0.211. The van der Waals surface area contributed by atoms with E-state index in [1.54, 1.807) is 31.2 Å². The fourth-order valence-electron chi connectivity index (χ4n) is 2.32. The van der Waals surface area contributed by atoms with Gasteiger partial charge in [-0.3, -0.25) is 4.79 Å². The highest BCUT2D eigenvalue weighted by molar-refractivity contribution is 6.04. The van der Waals surface area contributed by atoms with Crippen LogP contribution in [0.1, 0.15) is 34.6 Å². The van der Waals surface area contributed by atoms with E-state index in [1.165, 1.54) is 5.56 Å². The third-order valence-corrected chi connectivity index (χ3v) is 3.65. The maximum absolute atomic E-state index is 12.3. The summed E-state index contributed by atoms with van der Waals surface area (Å²) in [7, 11) is 0. The molecule has 0 saturated carbocycles. The Morgan fingerprint density at radius 2 is 2.00 bits per heavy atom. The Morgan fingerprint density at radius 3 is 2.68 bits per heavy atom. The summed E-state index contributed by atoms with van der Waals surface area (Å²) in [5, 5.41) is 6.66. The molecule has 6 heteroatoms. The quantitative estimate of drug-likeness (QED) is 0.741. The minimum Gasteiger partial charge on any atom is -0.485 e. The van der Waals surface area contributed by atoms with Crippen molar-refractivity contribution in [2.24, 2.45) is 0 Å². The smallest absolute Gasteiger partial charge is 0.255 e. The van der Waals surface area contributed by atoms with E-state index in [2.05, 4.69) is 22.4 Å². The molecular weight excluding hydrogens is 318 g/mol. The van der Waals surface area contributed by atoms with Crippen LogP contribution in [0.25, 0.3) is 0 Å². The maximum Gasteiger partial charge on any atom is 0.255 e. The second-order valence-corrected chi connectivity index (χ2v) is 5.55. The highest BCUT2D eigenvalue weighted by atomic mass is 16.5. The second kappa shape index (κ2) is 7.61. The molecule has 3 aromatic rings. The average molecular weight is 337 g/mol. The van der Waals surface area contributed by atoms with Crippen LogP contribution < -0.4 is 10.1 Å². The third-order valence-electron chi connectivity index (χ3n) is 3.65. The number of nitrogens with one attached hydrogen (secondary N) is 1. The number of nitrogens with zero attached hydrogens (tertiary/aromatic N) is 2. The van der Waals surface area contributed by atoms with Crippen LogP contribution in [-0.2, 0) is 13.0 Å². The first-order valence-electron chi connectivity index (χ1n) is 8.06. The van der Waals surface area contributed by atoms with Gasteiger partial charge in [-0.05, 0) is 48.4 Å². The molecular formula is C19H19N3O3. The Labute approximate surface area is 145 Å². The van der Waals surface area contributed by atoms with Crippen molar-refractivity contribution < 1.29 is 14.1 Å². The van der Waals surface area contributed by atoms with Gasteiger partial charge in [-0.15, -0.1) is 0 Å². The van der Waals surface area contributed by atoms with Crippen molar-refractivity contribution in [1.82, 2.24) is 10.1 Å². The Morgan fingerprint density at radius 1 is 1.20 bits per heavy atom. The minimum absolute atomic E-state index is 0.159. The Hall–Kier alpha value is -3.15. The lowest BCUT2D eigenvalue weighted by atomic mass is 10.1. The van der Waals surface area contributed by atoms with Crippen molar-refractivity contribution in [2.75, 3.05) is 5.32 Å². The zero-order chi connectivity index (χ0) is 17.6. The summed E-state index contributed by atoms with van der Waals surface area (Å²) in [5.74, 6) is 1.45. The molecule has 0 spiro atoms. The van der Waals surface area contributed by atoms with E-state index in [4.69, 9.17) is 9.26 Å². The topological polar surface area (TPSA) is 77.2 Å². The summed E-state index contributed by atoms with van der Waals surface area (Å²) in [5.41, 5.74) is 2.53. The van der Waals surface area contributed by atoms with Crippen molar-refractivity contribution in [3.8, 4) is 5.75 Å². The Balaban J connectivity index is 1.60. The molecule has 0 aliphatic rings. The van der Waals surface area contributed by atoms with Gasteiger partial charge in [-0.2, -0.15) is 4.98 Å². The lowest BCUT2D eigenvalue weighted by Gasteiger charge is -2.08. The molecule has 128 valence electrons. The number of rotatable bonds is 6. The van der Waals surface area contributed by atoms with Crippen LogP contribution >= 0.6 is 0 Å². The predicted molar refractivity (Wildman–Crippen MR) is 93.6 cm³/mol. The second-order valence-electron chi connectivity index (χ2n) is 5.55. The summed E-state index contributed by atoms with van der Waals surface area (Å²) in [6, 6.07) is 14.7. The molecule has 0 unspecified atom stereocenters. The molecule has 1 amide bonds. The van der Waals surface area contributed by atoms with Crippen LogP contribution in [0, 0.1) is 6.92 Å². The molecule has 0 radical (unpaired) electrons. The monoisotopic (exact) mass is 337 g/mol. The number of hydrogen-bond donors (Lipinski definition) is 1. The molecule has 3 rings (SSSR count). The summed E-state index contributed by atoms with van der Waals surface area (Å²) in [4.78, 5) is 16.4. The SMILES string of the molecule is CCc1cccc(NC(=O)c2ccc(OCc3noc(C)n3)cc2)c1. The summed E-state index contributed by atoms with van der Waals surface area (Å²) in [6.45, 7) is 4.02. The molecule has 0 bridgehead atoms. The molecule has 6 nitrogen and oxygen atoms in total. The highest BCUT2D eigenvalue weighted by Crippen LogP contribution is 2.16. The normalized spacial score (nSPS) is 10.5. The van der Waals surface area contributed by atoms with Crippen LogP contribution in [0.3, 0.4) is 0 Å². The van der Waals surface area contributed by atoms with Crippen molar-refractivity contribution >= 4 is 11.6 Å². The van der Waals surface area contributed by atoms with Crippen molar-refractivity contribution in [1.29, 1.82) is 0 Å². The van der Waals surface area contributed by atoms with Gasteiger partial charge >= 0.3 is 0 Å². The standard InChI is InChI=1S/C19H19N3O3/c1-3-14-5-4-6-16(11-14)21-19(23)15-7-9-17(10-8-15)24-12-18-20-13(2)25-22-18/h4-11H,3,12H2,1-2H3,(H,21,23). The third kappa shape index (κ3) is 4.44. The van der Waals surface area contributed by atoms with Gasteiger partial charge in [0.1, 0.15) is 5.75 Å². The lowest BCUT2D eigenvalue weighted by molar-refractivity contribution is 0.102. The zero-order valence-corrected chi connectivity index (χ0v) is 14.2. The molecule has 0 saturated heterocycles. The highest BCUT2D eigenvalue weighted by Gasteiger charge is 2.08. The van der Waals surface area contributed by atoms with Gasteiger partial charge in [0.05, 0.1) is 0 Å². The maximum atomic E-state index is 12.3. The van der Waals surface area contributed by atoms with Crippen molar-refractivity contribution in [2.45, 2.75) is 26.9 Å². The van der Waals surface area contributed by atoms with Gasteiger partial charge in [-0.1, -0.05) is 24.2 Å². The largest absolute Gasteiger partial charge is 0.485 e. The van der Waals surface area contributed by atoms with Crippen LogP contribution in [0.4, 0.5) is 5.69 Å². The number of ether oxygens (including phenoxy) is 1. The first kappa shape index (κ1) is 16.7. The summed E-state index contributed by atoms with van der Waals surface area (Å²) in [6.07, 6.45) is 0.926. The van der Waals surface area contributed by atoms with Crippen LogP contribution in [0.15, 0.2) is 53.1 Å². The summed E-state index contributed by atoms with van der Waals surface area (Å²) >= 11 is 0. The van der Waals surface area contributed by atoms with E-state index in [0.717, 1.165) is 12.1 Å². The van der Waals surface area contributed by atoms with E-state index in [0.29, 0.717) is 23.0 Å². The van der Waals surface area contributed by atoms with Gasteiger partial charge in [-0.25, -0.2) is 0 Å².